The lowest BCUT2D eigenvalue weighted by atomic mass is 10.2. The summed E-state index contributed by atoms with van der Waals surface area (Å²) >= 11 is 0. The lowest BCUT2D eigenvalue weighted by molar-refractivity contribution is -0.140. The van der Waals surface area contributed by atoms with Gasteiger partial charge in [-0.3, -0.25) is 9.00 Å². The van der Waals surface area contributed by atoms with Crippen LogP contribution in [-0.4, -0.2) is 41.9 Å². The zero-order valence-electron chi connectivity index (χ0n) is 9.04. The molecule has 84 valence electrons. The van der Waals surface area contributed by atoms with Crippen LogP contribution >= 0.6 is 0 Å². The summed E-state index contributed by atoms with van der Waals surface area (Å²) in [6.45, 7) is 2.63. The molecular weight excluding hydrogens is 202 g/mol. The van der Waals surface area contributed by atoms with Crippen molar-refractivity contribution < 1.29 is 13.7 Å². The first-order valence-electron chi connectivity index (χ1n) is 4.66. The molecule has 1 N–H and O–H groups in total. The van der Waals surface area contributed by atoms with Crippen molar-refractivity contribution in [1.82, 2.24) is 5.32 Å². The molecule has 0 aromatic heterocycles. The maximum Gasteiger partial charge on any atom is 0.306 e. The molecule has 0 aliphatic rings. The number of rotatable bonds is 7. The molecule has 0 bridgehead atoms. The maximum absolute atomic E-state index is 10.8. The van der Waals surface area contributed by atoms with Gasteiger partial charge < -0.3 is 10.1 Å². The van der Waals surface area contributed by atoms with Crippen LogP contribution in [0.4, 0.5) is 0 Å². The molecule has 0 aliphatic carbocycles. The second-order valence-electron chi connectivity index (χ2n) is 3.25. The fourth-order valence-corrected chi connectivity index (χ4v) is 1.65. The molecule has 0 fully saturated rings. The standard InChI is InChI=1S/C9H19NO3S/c1-8(5-7-14(3)12)10-6-4-9(11)13-2/h8,10H,4-7H2,1-3H3. The molecule has 0 radical (unpaired) electrons. The van der Waals surface area contributed by atoms with Crippen molar-refractivity contribution in [1.29, 1.82) is 0 Å². The normalized spacial score (nSPS) is 14.8. The molecule has 0 rings (SSSR count). The predicted molar refractivity (Wildman–Crippen MR) is 57.6 cm³/mol. The van der Waals surface area contributed by atoms with Gasteiger partial charge in [0.25, 0.3) is 0 Å². The predicted octanol–water partition coefficient (Wildman–Crippen LogP) is 0.296. The van der Waals surface area contributed by atoms with Crippen molar-refractivity contribution in [3.63, 3.8) is 0 Å². The van der Waals surface area contributed by atoms with Crippen LogP contribution in [0.2, 0.25) is 0 Å². The lowest BCUT2D eigenvalue weighted by Gasteiger charge is -2.11. The highest BCUT2D eigenvalue weighted by Gasteiger charge is 2.04. The van der Waals surface area contributed by atoms with Crippen LogP contribution in [0.3, 0.4) is 0 Å². The number of ether oxygens (including phenoxy) is 1. The van der Waals surface area contributed by atoms with Crippen molar-refractivity contribution in [2.45, 2.75) is 25.8 Å². The van der Waals surface area contributed by atoms with Crippen molar-refractivity contribution in [3.05, 3.63) is 0 Å². The first-order valence-corrected chi connectivity index (χ1v) is 6.39. The van der Waals surface area contributed by atoms with E-state index in [4.69, 9.17) is 0 Å². The summed E-state index contributed by atoms with van der Waals surface area (Å²) in [6, 6.07) is 0.295. The molecule has 4 nitrogen and oxygen atoms in total. The molecule has 0 amide bonds. The van der Waals surface area contributed by atoms with Crippen LogP contribution < -0.4 is 5.32 Å². The summed E-state index contributed by atoms with van der Waals surface area (Å²) < 4.78 is 15.3. The summed E-state index contributed by atoms with van der Waals surface area (Å²) in [4.78, 5) is 10.7. The molecule has 0 saturated heterocycles. The Labute approximate surface area is 87.9 Å². The largest absolute Gasteiger partial charge is 0.469 e. The van der Waals surface area contributed by atoms with E-state index in [1.165, 1.54) is 7.11 Å². The Morgan fingerprint density at radius 2 is 2.21 bits per heavy atom. The molecule has 0 heterocycles. The number of hydrogen-bond acceptors (Lipinski definition) is 4. The van der Waals surface area contributed by atoms with Crippen LogP contribution in [0.5, 0.6) is 0 Å². The Kier molecular flexibility index (Phi) is 7.70. The van der Waals surface area contributed by atoms with E-state index in [1.54, 1.807) is 6.26 Å². The SMILES string of the molecule is COC(=O)CCNC(C)CCS(C)=O. The molecular formula is C9H19NO3S. The topological polar surface area (TPSA) is 55.4 Å². The molecule has 2 unspecified atom stereocenters. The third kappa shape index (κ3) is 8.19. The van der Waals surface area contributed by atoms with Crippen LogP contribution in [0.25, 0.3) is 0 Å². The van der Waals surface area contributed by atoms with Gasteiger partial charge in [0, 0.05) is 35.4 Å². The highest BCUT2D eigenvalue weighted by molar-refractivity contribution is 7.84. The van der Waals surface area contributed by atoms with E-state index >= 15 is 0 Å². The Hall–Kier alpha value is -0.420. The van der Waals surface area contributed by atoms with Crippen LogP contribution in [0.1, 0.15) is 19.8 Å². The highest BCUT2D eigenvalue weighted by Crippen LogP contribution is 1.93. The van der Waals surface area contributed by atoms with Crippen molar-refractivity contribution in [3.8, 4) is 0 Å². The molecule has 0 spiro atoms. The number of hydrogen-bond donors (Lipinski definition) is 1. The fraction of sp³-hybridized carbons (Fsp3) is 0.889. The Bertz CT molecular complexity index is 196. The summed E-state index contributed by atoms with van der Waals surface area (Å²) in [6.07, 6.45) is 2.95. The summed E-state index contributed by atoms with van der Waals surface area (Å²) in [5, 5.41) is 3.17. The van der Waals surface area contributed by atoms with Crippen LogP contribution in [0, 0.1) is 0 Å². The molecule has 0 aromatic rings. The number of carbonyl (C=O) groups is 1. The van der Waals surface area contributed by atoms with Crippen LogP contribution in [-0.2, 0) is 20.3 Å². The van der Waals surface area contributed by atoms with E-state index in [9.17, 15) is 9.00 Å². The number of esters is 1. The highest BCUT2D eigenvalue weighted by atomic mass is 32.2. The average Bonchev–Trinajstić information content (AvgIpc) is 2.14. The smallest absolute Gasteiger partial charge is 0.306 e. The first-order chi connectivity index (χ1) is 6.56. The zero-order chi connectivity index (χ0) is 11.0. The number of nitrogens with one attached hydrogen (secondary N) is 1. The second kappa shape index (κ2) is 7.94. The van der Waals surface area contributed by atoms with Gasteiger partial charge in [0.05, 0.1) is 13.5 Å². The minimum Gasteiger partial charge on any atom is -0.469 e. The average molecular weight is 221 g/mol. The van der Waals surface area contributed by atoms with Crippen molar-refractivity contribution >= 4 is 16.8 Å². The van der Waals surface area contributed by atoms with Gasteiger partial charge >= 0.3 is 5.97 Å². The quantitative estimate of drug-likeness (QED) is 0.628. The molecule has 0 aromatic carbocycles. The number of carbonyl (C=O) groups excluding carboxylic acids is 1. The van der Waals surface area contributed by atoms with Gasteiger partial charge in [0.2, 0.25) is 0 Å². The molecule has 0 saturated carbocycles. The van der Waals surface area contributed by atoms with Gasteiger partial charge in [-0.1, -0.05) is 0 Å². The van der Waals surface area contributed by atoms with Gasteiger partial charge in [-0.25, -0.2) is 0 Å². The van der Waals surface area contributed by atoms with Gasteiger partial charge in [-0.2, -0.15) is 0 Å². The third-order valence-electron chi connectivity index (χ3n) is 1.89. The first kappa shape index (κ1) is 13.6. The summed E-state index contributed by atoms with van der Waals surface area (Å²) in [7, 11) is 0.647. The van der Waals surface area contributed by atoms with E-state index in [0.717, 1.165) is 6.42 Å². The monoisotopic (exact) mass is 221 g/mol. The van der Waals surface area contributed by atoms with Crippen molar-refractivity contribution in [2.24, 2.45) is 0 Å². The Morgan fingerprint density at radius 1 is 1.57 bits per heavy atom. The lowest BCUT2D eigenvalue weighted by Crippen LogP contribution is -2.29. The third-order valence-corrected chi connectivity index (χ3v) is 2.70. The zero-order valence-corrected chi connectivity index (χ0v) is 9.86. The maximum atomic E-state index is 10.8. The van der Waals surface area contributed by atoms with E-state index in [-0.39, 0.29) is 5.97 Å². The van der Waals surface area contributed by atoms with Crippen LogP contribution in [0.15, 0.2) is 0 Å². The second-order valence-corrected chi connectivity index (χ2v) is 4.80. The van der Waals surface area contributed by atoms with E-state index < -0.39 is 10.8 Å². The summed E-state index contributed by atoms with van der Waals surface area (Å²) in [5.74, 6) is 0.496. The van der Waals surface area contributed by atoms with Crippen molar-refractivity contribution in [2.75, 3.05) is 25.7 Å². The Morgan fingerprint density at radius 3 is 2.71 bits per heavy atom. The number of methoxy groups -OCH3 is 1. The molecule has 14 heavy (non-hydrogen) atoms. The minimum absolute atomic E-state index is 0.205. The van der Waals surface area contributed by atoms with E-state index in [0.29, 0.717) is 24.8 Å². The fourth-order valence-electron chi connectivity index (χ4n) is 0.967. The van der Waals surface area contributed by atoms with Gasteiger partial charge in [-0.15, -0.1) is 0 Å². The van der Waals surface area contributed by atoms with E-state index in [1.807, 2.05) is 6.92 Å². The molecule has 0 aliphatic heterocycles. The van der Waals surface area contributed by atoms with E-state index in [2.05, 4.69) is 10.1 Å². The summed E-state index contributed by atoms with van der Waals surface area (Å²) in [5.41, 5.74) is 0. The van der Waals surface area contributed by atoms with Gasteiger partial charge in [-0.05, 0) is 13.3 Å². The Balaban J connectivity index is 3.39. The minimum atomic E-state index is -0.734. The molecule has 2 atom stereocenters. The van der Waals surface area contributed by atoms with Gasteiger partial charge in [0.1, 0.15) is 0 Å². The molecule has 5 heteroatoms. The van der Waals surface area contributed by atoms with Gasteiger partial charge in [0.15, 0.2) is 0 Å².